The molecule has 0 aromatic carbocycles. The molecule has 3 unspecified atom stereocenters. The van der Waals surface area contributed by atoms with Gasteiger partial charge in [-0.2, -0.15) is 0 Å². The van der Waals surface area contributed by atoms with Crippen molar-refractivity contribution in [1.82, 2.24) is 10.6 Å². The van der Waals surface area contributed by atoms with E-state index in [0.717, 1.165) is 19.3 Å². The number of carbonyl (C=O) groups is 3. The molecule has 21 heavy (non-hydrogen) atoms. The first-order valence-corrected chi connectivity index (χ1v) is 7.37. The molecular weight excluding hydrogens is 276 g/mol. The Kier molecular flexibility index (Phi) is 6.98. The van der Waals surface area contributed by atoms with Crippen molar-refractivity contribution in [2.45, 2.75) is 51.5 Å². The van der Waals surface area contributed by atoms with Crippen molar-refractivity contribution in [2.75, 3.05) is 6.54 Å². The first-order valence-electron chi connectivity index (χ1n) is 7.37. The molecule has 0 saturated heterocycles. The molecule has 2 amide bonds. The SMILES string of the molecule is CC1CCCC(CNC(=O)NC(CCC(=O)O)C(=O)O)C1. The first kappa shape index (κ1) is 17.3. The molecule has 3 atom stereocenters. The van der Waals surface area contributed by atoms with Crippen molar-refractivity contribution < 1.29 is 24.6 Å². The lowest BCUT2D eigenvalue weighted by Crippen LogP contribution is -2.47. The molecule has 0 bridgehead atoms. The van der Waals surface area contributed by atoms with Crippen LogP contribution in [0.25, 0.3) is 0 Å². The summed E-state index contributed by atoms with van der Waals surface area (Å²) >= 11 is 0. The average molecular weight is 300 g/mol. The van der Waals surface area contributed by atoms with E-state index in [0.29, 0.717) is 18.4 Å². The Labute approximate surface area is 124 Å². The Morgan fingerprint density at radius 1 is 1.24 bits per heavy atom. The summed E-state index contributed by atoms with van der Waals surface area (Å²) in [5, 5.41) is 22.5. The van der Waals surface area contributed by atoms with E-state index < -0.39 is 24.0 Å². The van der Waals surface area contributed by atoms with Crippen LogP contribution in [0.3, 0.4) is 0 Å². The van der Waals surface area contributed by atoms with Crippen molar-refractivity contribution in [3.8, 4) is 0 Å². The highest BCUT2D eigenvalue weighted by molar-refractivity contribution is 5.82. The minimum Gasteiger partial charge on any atom is -0.481 e. The third-order valence-electron chi connectivity index (χ3n) is 3.85. The van der Waals surface area contributed by atoms with Crippen LogP contribution in [0.1, 0.15) is 45.4 Å². The largest absolute Gasteiger partial charge is 0.481 e. The number of carbonyl (C=O) groups excluding carboxylic acids is 1. The summed E-state index contributed by atoms with van der Waals surface area (Å²) in [6.45, 7) is 2.72. The summed E-state index contributed by atoms with van der Waals surface area (Å²) in [7, 11) is 0. The minimum absolute atomic E-state index is 0.126. The fraction of sp³-hybridized carbons (Fsp3) is 0.786. The highest BCUT2D eigenvalue weighted by Gasteiger charge is 2.22. The second kappa shape index (κ2) is 8.49. The third kappa shape index (κ3) is 6.97. The molecule has 1 fully saturated rings. The fourth-order valence-electron chi connectivity index (χ4n) is 2.72. The van der Waals surface area contributed by atoms with Crippen molar-refractivity contribution in [3.05, 3.63) is 0 Å². The van der Waals surface area contributed by atoms with Crippen LogP contribution in [-0.4, -0.2) is 40.8 Å². The van der Waals surface area contributed by atoms with Crippen LogP contribution in [0, 0.1) is 11.8 Å². The van der Waals surface area contributed by atoms with Gasteiger partial charge in [-0.05, 0) is 31.1 Å². The Morgan fingerprint density at radius 3 is 2.52 bits per heavy atom. The molecule has 0 heterocycles. The molecule has 0 aromatic rings. The number of amides is 2. The minimum atomic E-state index is -1.22. The normalized spacial score (nSPS) is 23.1. The molecule has 0 spiro atoms. The van der Waals surface area contributed by atoms with E-state index in [2.05, 4.69) is 17.6 Å². The van der Waals surface area contributed by atoms with Gasteiger partial charge in [0.25, 0.3) is 0 Å². The van der Waals surface area contributed by atoms with Crippen LogP contribution in [0.5, 0.6) is 0 Å². The number of urea groups is 1. The van der Waals surface area contributed by atoms with Crippen molar-refractivity contribution in [2.24, 2.45) is 11.8 Å². The molecule has 1 saturated carbocycles. The van der Waals surface area contributed by atoms with Gasteiger partial charge in [-0.25, -0.2) is 9.59 Å². The molecule has 0 aliphatic heterocycles. The van der Waals surface area contributed by atoms with E-state index in [1.54, 1.807) is 0 Å². The van der Waals surface area contributed by atoms with E-state index >= 15 is 0 Å². The van der Waals surface area contributed by atoms with Crippen LogP contribution < -0.4 is 10.6 Å². The lowest BCUT2D eigenvalue weighted by Gasteiger charge is -2.27. The quantitative estimate of drug-likeness (QED) is 0.567. The Morgan fingerprint density at radius 2 is 1.95 bits per heavy atom. The second-order valence-corrected chi connectivity index (χ2v) is 5.82. The number of hydrogen-bond donors (Lipinski definition) is 4. The molecule has 7 nitrogen and oxygen atoms in total. The predicted molar refractivity (Wildman–Crippen MR) is 76.0 cm³/mol. The summed E-state index contributed by atoms with van der Waals surface area (Å²) in [5.41, 5.74) is 0. The standard InChI is InChI=1S/C14H24N2O5/c1-9-3-2-4-10(7-9)8-15-14(21)16-11(13(19)20)5-6-12(17)18/h9-11H,2-8H2,1H3,(H,17,18)(H,19,20)(H2,15,16,21). The van der Waals surface area contributed by atoms with E-state index in [1.165, 1.54) is 6.42 Å². The fourth-order valence-corrected chi connectivity index (χ4v) is 2.72. The molecular formula is C14H24N2O5. The van der Waals surface area contributed by atoms with Gasteiger partial charge >= 0.3 is 18.0 Å². The highest BCUT2D eigenvalue weighted by Crippen LogP contribution is 2.27. The van der Waals surface area contributed by atoms with Gasteiger partial charge in [-0.15, -0.1) is 0 Å². The average Bonchev–Trinajstić information content (AvgIpc) is 2.40. The van der Waals surface area contributed by atoms with Gasteiger partial charge in [-0.1, -0.05) is 19.8 Å². The number of aliphatic carboxylic acids is 2. The molecule has 120 valence electrons. The van der Waals surface area contributed by atoms with Crippen LogP contribution >= 0.6 is 0 Å². The van der Waals surface area contributed by atoms with Crippen LogP contribution in [0.4, 0.5) is 4.79 Å². The lowest BCUT2D eigenvalue weighted by atomic mass is 9.82. The zero-order valence-electron chi connectivity index (χ0n) is 12.3. The van der Waals surface area contributed by atoms with E-state index in [-0.39, 0.29) is 12.8 Å². The first-order chi connectivity index (χ1) is 9.88. The molecule has 1 rings (SSSR count). The summed E-state index contributed by atoms with van der Waals surface area (Å²) in [4.78, 5) is 33.1. The smallest absolute Gasteiger partial charge is 0.326 e. The monoisotopic (exact) mass is 300 g/mol. The summed E-state index contributed by atoms with van der Waals surface area (Å²) in [5.74, 6) is -1.21. The molecule has 0 radical (unpaired) electrons. The third-order valence-corrected chi connectivity index (χ3v) is 3.85. The second-order valence-electron chi connectivity index (χ2n) is 5.82. The van der Waals surface area contributed by atoms with Gasteiger partial charge < -0.3 is 20.8 Å². The Balaban J connectivity index is 2.32. The zero-order chi connectivity index (χ0) is 15.8. The molecule has 1 aliphatic rings. The number of rotatable bonds is 7. The number of carboxylic acid groups (broad SMARTS) is 2. The van der Waals surface area contributed by atoms with Gasteiger partial charge in [-0.3, -0.25) is 4.79 Å². The highest BCUT2D eigenvalue weighted by atomic mass is 16.4. The molecule has 4 N–H and O–H groups in total. The van der Waals surface area contributed by atoms with E-state index in [4.69, 9.17) is 10.2 Å². The number of carboxylic acids is 2. The van der Waals surface area contributed by atoms with Crippen LogP contribution in [-0.2, 0) is 9.59 Å². The van der Waals surface area contributed by atoms with Gasteiger partial charge in [0.05, 0.1) is 0 Å². The number of nitrogens with one attached hydrogen (secondary N) is 2. The topological polar surface area (TPSA) is 116 Å². The predicted octanol–water partition coefficient (Wildman–Crippen LogP) is 1.43. The van der Waals surface area contributed by atoms with Gasteiger partial charge in [0.15, 0.2) is 0 Å². The van der Waals surface area contributed by atoms with Gasteiger partial charge in [0.2, 0.25) is 0 Å². The maximum atomic E-state index is 11.7. The van der Waals surface area contributed by atoms with Crippen molar-refractivity contribution in [3.63, 3.8) is 0 Å². The summed E-state index contributed by atoms with van der Waals surface area (Å²) in [6.07, 6.45) is 4.11. The van der Waals surface area contributed by atoms with Crippen molar-refractivity contribution in [1.29, 1.82) is 0 Å². The molecule has 0 aromatic heterocycles. The lowest BCUT2D eigenvalue weighted by molar-refractivity contribution is -0.140. The molecule has 7 heteroatoms. The number of hydrogen-bond acceptors (Lipinski definition) is 3. The summed E-state index contributed by atoms with van der Waals surface area (Å²) in [6, 6.07) is -1.72. The van der Waals surface area contributed by atoms with Crippen LogP contribution in [0.2, 0.25) is 0 Å². The maximum Gasteiger partial charge on any atom is 0.326 e. The Hall–Kier alpha value is -1.79. The zero-order valence-corrected chi connectivity index (χ0v) is 12.3. The van der Waals surface area contributed by atoms with Crippen LogP contribution in [0.15, 0.2) is 0 Å². The maximum absolute atomic E-state index is 11.7. The van der Waals surface area contributed by atoms with E-state index in [9.17, 15) is 14.4 Å². The molecule has 1 aliphatic carbocycles. The van der Waals surface area contributed by atoms with Gasteiger partial charge in [0, 0.05) is 13.0 Å². The Bertz CT molecular complexity index is 386. The van der Waals surface area contributed by atoms with E-state index in [1.807, 2.05) is 0 Å². The van der Waals surface area contributed by atoms with Gasteiger partial charge in [0.1, 0.15) is 6.04 Å². The summed E-state index contributed by atoms with van der Waals surface area (Å²) < 4.78 is 0. The van der Waals surface area contributed by atoms with Crippen molar-refractivity contribution >= 4 is 18.0 Å².